The molecule has 5 N–H and O–H groups in total. The number of aliphatic hydroxyl groups excluding tert-OH is 4. The number of rotatable bonds is 41. The second-order valence-electron chi connectivity index (χ2n) is 15.8. The average molecular weight is 712 g/mol. The second kappa shape index (κ2) is 39.5. The number of hydrogen-bond acceptors (Lipinski definition) is 5. The fraction of sp³-hybridized carbons (Fsp3) is 0.977. The van der Waals surface area contributed by atoms with Gasteiger partial charge in [-0.1, -0.05) is 232 Å². The zero-order valence-electron chi connectivity index (χ0n) is 33.7. The Balaban J connectivity index is 3.65. The summed E-state index contributed by atoms with van der Waals surface area (Å²) in [6.07, 6.45) is 41.4. The Morgan fingerprint density at radius 1 is 0.420 bits per heavy atom. The quantitative estimate of drug-likeness (QED) is 0.0406. The molecule has 2 unspecified atom stereocenters. The van der Waals surface area contributed by atoms with Gasteiger partial charge in [0.15, 0.2) is 0 Å². The Morgan fingerprint density at radius 3 is 0.960 bits per heavy atom. The third kappa shape index (κ3) is 33.2. The highest BCUT2D eigenvalue weighted by Crippen LogP contribution is 2.17. The molecular formula is C44H89NO5. The molecule has 300 valence electrons. The van der Waals surface area contributed by atoms with Gasteiger partial charge in [0, 0.05) is 0 Å². The van der Waals surface area contributed by atoms with Gasteiger partial charge in [-0.15, -0.1) is 0 Å². The molecule has 0 rings (SSSR count). The van der Waals surface area contributed by atoms with Gasteiger partial charge in [-0.25, -0.2) is 0 Å². The molecule has 0 aliphatic heterocycles. The van der Waals surface area contributed by atoms with E-state index in [-0.39, 0.29) is 0 Å². The molecule has 0 bridgehead atoms. The number of amides is 1. The molecule has 0 fully saturated rings. The summed E-state index contributed by atoms with van der Waals surface area (Å²) < 4.78 is 0. The van der Waals surface area contributed by atoms with Crippen LogP contribution in [0.15, 0.2) is 0 Å². The Hall–Kier alpha value is -0.690. The number of unbranched alkanes of at least 4 members (excludes halogenated alkanes) is 32. The van der Waals surface area contributed by atoms with Crippen LogP contribution in [-0.2, 0) is 4.79 Å². The van der Waals surface area contributed by atoms with Crippen LogP contribution in [0.25, 0.3) is 0 Å². The highest BCUT2D eigenvalue weighted by atomic mass is 16.3. The van der Waals surface area contributed by atoms with Crippen LogP contribution in [-0.4, -0.2) is 57.3 Å². The molecule has 0 aromatic heterocycles. The first-order chi connectivity index (χ1) is 24.5. The summed E-state index contributed by atoms with van der Waals surface area (Å²) in [6.45, 7) is 4.06. The molecule has 0 radical (unpaired) electrons. The van der Waals surface area contributed by atoms with E-state index in [0.717, 1.165) is 38.5 Å². The van der Waals surface area contributed by atoms with Crippen LogP contribution in [0, 0.1) is 0 Å². The van der Waals surface area contributed by atoms with Crippen LogP contribution >= 0.6 is 0 Å². The van der Waals surface area contributed by atoms with E-state index in [1.807, 2.05) is 0 Å². The van der Waals surface area contributed by atoms with Gasteiger partial charge in [-0.3, -0.25) is 4.79 Å². The number of nitrogens with one attached hydrogen (secondary N) is 1. The van der Waals surface area contributed by atoms with Gasteiger partial charge in [0.25, 0.3) is 0 Å². The topological polar surface area (TPSA) is 110 Å². The van der Waals surface area contributed by atoms with Crippen molar-refractivity contribution in [1.82, 2.24) is 5.32 Å². The van der Waals surface area contributed by atoms with Crippen LogP contribution in [0.5, 0.6) is 0 Å². The first kappa shape index (κ1) is 49.3. The lowest BCUT2D eigenvalue weighted by Crippen LogP contribution is -2.53. The molecule has 0 aliphatic carbocycles. The molecule has 1 amide bonds. The molecular weight excluding hydrogens is 622 g/mol. The number of carbonyl (C=O) groups excluding carboxylic acids is 1. The Kier molecular flexibility index (Phi) is 39.0. The van der Waals surface area contributed by atoms with Gasteiger partial charge in [0.2, 0.25) is 5.91 Å². The largest absolute Gasteiger partial charge is 0.394 e. The van der Waals surface area contributed by atoms with Crippen LogP contribution < -0.4 is 5.32 Å². The summed E-state index contributed by atoms with van der Waals surface area (Å²) in [5, 5.41) is 43.6. The van der Waals surface area contributed by atoms with Gasteiger partial charge in [0.05, 0.1) is 18.8 Å². The number of carbonyl (C=O) groups is 1. The zero-order valence-corrected chi connectivity index (χ0v) is 33.7. The van der Waals surface area contributed by atoms with E-state index >= 15 is 0 Å². The monoisotopic (exact) mass is 712 g/mol. The van der Waals surface area contributed by atoms with E-state index in [2.05, 4.69) is 19.2 Å². The van der Waals surface area contributed by atoms with Crippen LogP contribution in [0.1, 0.15) is 245 Å². The minimum Gasteiger partial charge on any atom is -0.394 e. The molecule has 0 aromatic rings. The van der Waals surface area contributed by atoms with Crippen molar-refractivity contribution in [2.45, 2.75) is 269 Å². The highest BCUT2D eigenvalue weighted by Gasteiger charge is 2.28. The lowest BCUT2D eigenvalue weighted by atomic mass is 9.99. The van der Waals surface area contributed by atoms with Crippen molar-refractivity contribution in [3.05, 3.63) is 0 Å². The van der Waals surface area contributed by atoms with Gasteiger partial charge >= 0.3 is 0 Å². The van der Waals surface area contributed by atoms with E-state index in [4.69, 9.17) is 0 Å². The lowest BCUT2D eigenvalue weighted by Gasteiger charge is -2.27. The molecule has 4 atom stereocenters. The van der Waals surface area contributed by atoms with Crippen LogP contribution in [0.3, 0.4) is 0 Å². The third-order valence-electron chi connectivity index (χ3n) is 10.8. The van der Waals surface area contributed by atoms with Crippen molar-refractivity contribution in [3.63, 3.8) is 0 Å². The predicted octanol–water partition coefficient (Wildman–Crippen LogP) is 11.6. The van der Waals surface area contributed by atoms with Crippen LogP contribution in [0.2, 0.25) is 0 Å². The normalized spacial score (nSPS) is 14.1. The molecule has 0 aliphatic rings. The molecule has 0 saturated heterocycles. The molecule has 0 aromatic carbocycles. The lowest BCUT2D eigenvalue weighted by molar-refractivity contribution is -0.132. The van der Waals surface area contributed by atoms with Gasteiger partial charge in [0.1, 0.15) is 12.2 Å². The highest BCUT2D eigenvalue weighted by molar-refractivity contribution is 5.80. The molecule has 0 heterocycles. The Labute approximate surface area is 311 Å². The molecule has 6 heteroatoms. The van der Waals surface area contributed by atoms with Crippen molar-refractivity contribution >= 4 is 5.91 Å². The summed E-state index contributed by atoms with van der Waals surface area (Å²) in [7, 11) is 0. The minimum absolute atomic E-state index is 0.376. The van der Waals surface area contributed by atoms with Crippen molar-refractivity contribution in [3.8, 4) is 0 Å². The summed E-state index contributed by atoms with van der Waals surface area (Å²) in [4.78, 5) is 12.5. The van der Waals surface area contributed by atoms with Gasteiger partial charge in [-0.05, 0) is 12.8 Å². The van der Waals surface area contributed by atoms with E-state index in [9.17, 15) is 25.2 Å². The molecule has 50 heavy (non-hydrogen) atoms. The predicted molar refractivity (Wildman–Crippen MR) is 215 cm³/mol. The first-order valence-electron chi connectivity index (χ1n) is 22.4. The standard InChI is InChI=1S/C44H89NO5/c1-3-5-7-9-11-13-15-17-18-19-20-21-22-23-24-25-26-28-30-32-34-36-38-42(48)44(50)45-40(39-46)43(49)41(47)37-35-33-31-29-27-16-14-12-10-8-6-4-2/h40-43,46-49H,3-39H2,1-2H3,(H,45,50)/t40-,41?,42?,43+/m1/s1. The fourth-order valence-electron chi connectivity index (χ4n) is 7.23. The number of hydrogen-bond donors (Lipinski definition) is 5. The van der Waals surface area contributed by atoms with E-state index in [0.29, 0.717) is 12.8 Å². The SMILES string of the molecule is CCCCCCCCCCCCCCCCCCCCCCCCC(O)C(=O)N[C@H](CO)[C@H](O)C(O)CCCCCCCCCCCCCC. The summed E-state index contributed by atoms with van der Waals surface area (Å²) >= 11 is 0. The van der Waals surface area contributed by atoms with E-state index in [1.165, 1.54) is 180 Å². The minimum atomic E-state index is -1.25. The smallest absolute Gasteiger partial charge is 0.249 e. The molecule has 6 nitrogen and oxygen atoms in total. The van der Waals surface area contributed by atoms with Crippen molar-refractivity contribution in [2.75, 3.05) is 6.61 Å². The molecule has 0 saturated carbocycles. The third-order valence-corrected chi connectivity index (χ3v) is 10.8. The first-order valence-corrected chi connectivity index (χ1v) is 22.4. The van der Waals surface area contributed by atoms with Crippen molar-refractivity contribution < 1.29 is 25.2 Å². The summed E-state index contributed by atoms with van der Waals surface area (Å²) in [5.74, 6) is -0.579. The zero-order chi connectivity index (χ0) is 36.8. The summed E-state index contributed by atoms with van der Waals surface area (Å²) in [6, 6.07) is -0.978. The maximum absolute atomic E-state index is 12.5. The van der Waals surface area contributed by atoms with Crippen molar-refractivity contribution in [2.24, 2.45) is 0 Å². The fourth-order valence-corrected chi connectivity index (χ4v) is 7.23. The van der Waals surface area contributed by atoms with E-state index < -0.39 is 36.9 Å². The second-order valence-corrected chi connectivity index (χ2v) is 15.8. The Bertz CT molecular complexity index is 677. The van der Waals surface area contributed by atoms with Gasteiger partial charge < -0.3 is 25.7 Å². The average Bonchev–Trinajstić information content (AvgIpc) is 3.12. The molecule has 0 spiro atoms. The van der Waals surface area contributed by atoms with Gasteiger partial charge in [-0.2, -0.15) is 0 Å². The maximum Gasteiger partial charge on any atom is 0.249 e. The van der Waals surface area contributed by atoms with E-state index in [1.54, 1.807) is 0 Å². The van der Waals surface area contributed by atoms with Crippen LogP contribution in [0.4, 0.5) is 0 Å². The Morgan fingerprint density at radius 2 is 0.680 bits per heavy atom. The summed E-state index contributed by atoms with van der Waals surface area (Å²) in [5.41, 5.74) is 0. The number of aliphatic hydroxyl groups is 4. The van der Waals surface area contributed by atoms with Crippen molar-refractivity contribution in [1.29, 1.82) is 0 Å². The maximum atomic E-state index is 12.5.